The summed E-state index contributed by atoms with van der Waals surface area (Å²) in [5, 5.41) is 3.45. The van der Waals surface area contributed by atoms with Gasteiger partial charge < -0.3 is 0 Å². The molecule has 20 heavy (non-hydrogen) atoms. The summed E-state index contributed by atoms with van der Waals surface area (Å²) in [4.78, 5) is 16.3. The molecular weight excluding hydrogens is 299 g/mol. The minimum absolute atomic E-state index is 0.329. The summed E-state index contributed by atoms with van der Waals surface area (Å²) in [6, 6.07) is 11.1. The van der Waals surface area contributed by atoms with Crippen LogP contribution in [0.25, 0.3) is 10.2 Å². The van der Waals surface area contributed by atoms with Gasteiger partial charge in [-0.25, -0.2) is 9.37 Å². The van der Waals surface area contributed by atoms with Gasteiger partial charge in [-0.15, -0.1) is 0 Å². The van der Waals surface area contributed by atoms with Crippen LogP contribution in [0.4, 0.5) is 9.52 Å². The Balaban J connectivity index is 1.89. The van der Waals surface area contributed by atoms with Crippen molar-refractivity contribution in [2.75, 3.05) is 5.32 Å². The summed E-state index contributed by atoms with van der Waals surface area (Å²) in [5.74, 6) is -0.666. The molecule has 0 bridgehead atoms. The Kier molecular flexibility index (Phi) is 3.38. The van der Waals surface area contributed by atoms with Crippen LogP contribution in [0, 0.1) is 5.82 Å². The Labute approximate surface area is 123 Å². The molecule has 0 aliphatic carbocycles. The van der Waals surface area contributed by atoms with Crippen molar-refractivity contribution >= 4 is 44.2 Å². The lowest BCUT2D eigenvalue weighted by Gasteiger charge is -2.02. The summed E-state index contributed by atoms with van der Waals surface area (Å²) < 4.78 is 13.8. The number of benzene rings is 2. The Hall–Kier alpha value is -1.98. The number of aromatic nitrogens is 1. The maximum atomic E-state index is 13.1. The van der Waals surface area contributed by atoms with Crippen LogP contribution in [-0.4, -0.2) is 10.9 Å². The summed E-state index contributed by atoms with van der Waals surface area (Å²) in [7, 11) is 0. The van der Waals surface area contributed by atoms with Crippen molar-refractivity contribution < 1.29 is 9.18 Å². The van der Waals surface area contributed by atoms with Gasteiger partial charge in [0.1, 0.15) is 5.82 Å². The van der Waals surface area contributed by atoms with Crippen molar-refractivity contribution in [1.82, 2.24) is 4.98 Å². The zero-order chi connectivity index (χ0) is 14.1. The van der Waals surface area contributed by atoms with Crippen molar-refractivity contribution in [3.63, 3.8) is 0 Å². The van der Waals surface area contributed by atoms with E-state index in [0.717, 1.165) is 0 Å². The molecule has 0 radical (unpaired) electrons. The molecule has 0 unspecified atom stereocenters. The van der Waals surface area contributed by atoms with Gasteiger partial charge in [-0.05, 0) is 30.3 Å². The minimum atomic E-state index is -0.338. The number of nitrogens with zero attached hydrogens (tertiary/aromatic N) is 1. The van der Waals surface area contributed by atoms with Gasteiger partial charge in [0, 0.05) is 0 Å². The van der Waals surface area contributed by atoms with Crippen LogP contribution < -0.4 is 5.32 Å². The van der Waals surface area contributed by atoms with E-state index in [1.165, 1.54) is 23.5 Å². The van der Waals surface area contributed by atoms with Crippen molar-refractivity contribution in [2.45, 2.75) is 0 Å². The molecular formula is C14H8ClFN2OS. The molecule has 100 valence electrons. The molecule has 0 fully saturated rings. The lowest BCUT2D eigenvalue weighted by atomic mass is 10.2. The number of fused-ring (bicyclic) bond motifs is 1. The number of halogens is 2. The fourth-order valence-corrected chi connectivity index (χ4v) is 2.87. The van der Waals surface area contributed by atoms with Crippen LogP contribution >= 0.6 is 22.9 Å². The van der Waals surface area contributed by atoms with E-state index < -0.39 is 0 Å². The SMILES string of the molecule is O=C(Nc1nc2ccc(F)cc2s1)c1ccccc1Cl. The molecule has 6 heteroatoms. The van der Waals surface area contributed by atoms with E-state index in [0.29, 0.717) is 25.9 Å². The molecule has 0 atom stereocenters. The molecule has 3 nitrogen and oxygen atoms in total. The molecule has 3 rings (SSSR count). The van der Waals surface area contributed by atoms with Crippen molar-refractivity contribution in [1.29, 1.82) is 0 Å². The van der Waals surface area contributed by atoms with E-state index in [4.69, 9.17) is 11.6 Å². The number of anilines is 1. The molecule has 1 N–H and O–H groups in total. The highest BCUT2D eigenvalue weighted by Crippen LogP contribution is 2.27. The smallest absolute Gasteiger partial charge is 0.258 e. The predicted octanol–water partition coefficient (Wildman–Crippen LogP) is 4.34. The molecule has 2 aromatic carbocycles. The maximum absolute atomic E-state index is 13.1. The summed E-state index contributed by atoms with van der Waals surface area (Å²) in [5.41, 5.74) is 1.02. The van der Waals surface area contributed by atoms with Gasteiger partial charge in [-0.2, -0.15) is 0 Å². The molecule has 0 spiro atoms. The van der Waals surface area contributed by atoms with Gasteiger partial charge in [-0.1, -0.05) is 35.1 Å². The Morgan fingerprint density at radius 2 is 2.05 bits per heavy atom. The minimum Gasteiger partial charge on any atom is -0.298 e. The van der Waals surface area contributed by atoms with Gasteiger partial charge in [0.15, 0.2) is 5.13 Å². The molecule has 0 aliphatic heterocycles. The number of carbonyl (C=O) groups is 1. The fraction of sp³-hybridized carbons (Fsp3) is 0. The first-order chi connectivity index (χ1) is 9.63. The van der Waals surface area contributed by atoms with Crippen LogP contribution in [0.5, 0.6) is 0 Å². The second-order valence-corrected chi connectivity index (χ2v) is 5.50. The highest BCUT2D eigenvalue weighted by Gasteiger charge is 2.12. The van der Waals surface area contributed by atoms with Crippen LogP contribution in [0.15, 0.2) is 42.5 Å². The standard InChI is InChI=1S/C14H8ClFN2OS/c15-10-4-2-1-3-9(10)13(19)18-14-17-11-6-5-8(16)7-12(11)20-14/h1-7H,(H,17,18,19). The number of hydrogen-bond acceptors (Lipinski definition) is 3. The van der Waals surface area contributed by atoms with Gasteiger partial charge in [0.2, 0.25) is 0 Å². The first-order valence-electron chi connectivity index (χ1n) is 5.75. The highest BCUT2D eigenvalue weighted by atomic mass is 35.5. The van der Waals surface area contributed by atoms with Crippen LogP contribution in [0.2, 0.25) is 5.02 Å². The third kappa shape index (κ3) is 2.50. The first kappa shape index (κ1) is 13.0. The number of amides is 1. The molecule has 0 saturated heterocycles. The molecule has 1 amide bonds. The van der Waals surface area contributed by atoms with Crippen molar-refractivity contribution in [3.8, 4) is 0 Å². The van der Waals surface area contributed by atoms with E-state index >= 15 is 0 Å². The summed E-state index contributed by atoms with van der Waals surface area (Å²) >= 11 is 7.17. The first-order valence-corrected chi connectivity index (χ1v) is 6.95. The number of rotatable bonds is 2. The predicted molar refractivity (Wildman–Crippen MR) is 79.0 cm³/mol. The average Bonchev–Trinajstić information content (AvgIpc) is 2.80. The van der Waals surface area contributed by atoms with Gasteiger partial charge >= 0.3 is 0 Å². The number of thiazole rings is 1. The normalized spacial score (nSPS) is 10.7. The Bertz CT molecular complexity index is 803. The van der Waals surface area contributed by atoms with E-state index in [1.807, 2.05) is 0 Å². The zero-order valence-electron chi connectivity index (χ0n) is 10.1. The molecule has 0 aliphatic rings. The van der Waals surface area contributed by atoms with E-state index in [-0.39, 0.29) is 11.7 Å². The number of carbonyl (C=O) groups excluding carboxylic acids is 1. The van der Waals surface area contributed by atoms with Crippen molar-refractivity contribution in [3.05, 3.63) is 58.9 Å². The second kappa shape index (κ2) is 5.19. The van der Waals surface area contributed by atoms with Crippen LogP contribution in [0.1, 0.15) is 10.4 Å². The quantitative estimate of drug-likeness (QED) is 0.765. The summed E-state index contributed by atoms with van der Waals surface area (Å²) in [6.07, 6.45) is 0. The lowest BCUT2D eigenvalue weighted by Crippen LogP contribution is -2.11. The second-order valence-electron chi connectivity index (χ2n) is 4.07. The molecule has 3 aromatic rings. The monoisotopic (exact) mass is 306 g/mol. The Morgan fingerprint density at radius 3 is 2.85 bits per heavy atom. The van der Waals surface area contributed by atoms with Gasteiger partial charge in [0.05, 0.1) is 20.8 Å². The molecule has 1 heterocycles. The fourth-order valence-electron chi connectivity index (χ4n) is 1.76. The third-order valence-electron chi connectivity index (χ3n) is 2.69. The average molecular weight is 307 g/mol. The Morgan fingerprint density at radius 1 is 1.25 bits per heavy atom. The van der Waals surface area contributed by atoms with Crippen LogP contribution in [-0.2, 0) is 0 Å². The summed E-state index contributed by atoms with van der Waals surface area (Å²) in [6.45, 7) is 0. The third-order valence-corrected chi connectivity index (χ3v) is 3.95. The van der Waals surface area contributed by atoms with E-state index in [1.54, 1.807) is 30.3 Å². The number of hydrogen-bond donors (Lipinski definition) is 1. The zero-order valence-corrected chi connectivity index (χ0v) is 11.6. The highest BCUT2D eigenvalue weighted by molar-refractivity contribution is 7.22. The van der Waals surface area contributed by atoms with Gasteiger partial charge in [-0.3, -0.25) is 10.1 Å². The van der Waals surface area contributed by atoms with Crippen molar-refractivity contribution in [2.24, 2.45) is 0 Å². The van der Waals surface area contributed by atoms with E-state index in [2.05, 4.69) is 10.3 Å². The van der Waals surface area contributed by atoms with Crippen LogP contribution in [0.3, 0.4) is 0 Å². The molecule has 0 saturated carbocycles. The maximum Gasteiger partial charge on any atom is 0.258 e. The van der Waals surface area contributed by atoms with E-state index in [9.17, 15) is 9.18 Å². The lowest BCUT2D eigenvalue weighted by molar-refractivity contribution is 0.102. The van der Waals surface area contributed by atoms with Gasteiger partial charge in [0.25, 0.3) is 5.91 Å². The topological polar surface area (TPSA) is 42.0 Å². The number of nitrogens with one attached hydrogen (secondary N) is 1. The molecule has 1 aromatic heterocycles. The largest absolute Gasteiger partial charge is 0.298 e.